The van der Waals surface area contributed by atoms with Crippen molar-refractivity contribution in [3.63, 3.8) is 0 Å². The first-order chi connectivity index (χ1) is 10.2. The smallest absolute Gasteiger partial charge is 0.101 e. The molecule has 1 saturated heterocycles. The molecule has 112 valence electrons. The van der Waals surface area contributed by atoms with E-state index in [1.54, 1.807) is 0 Å². The largest absolute Gasteiger partial charge is 0.329 e. The monoisotopic (exact) mass is 301 g/mol. The van der Waals surface area contributed by atoms with E-state index in [4.69, 9.17) is 10.7 Å². The lowest BCUT2D eigenvalue weighted by Crippen LogP contribution is -2.31. The third-order valence-corrected chi connectivity index (χ3v) is 6.46. The van der Waals surface area contributed by atoms with E-state index in [1.165, 1.54) is 41.0 Å². The van der Waals surface area contributed by atoms with Crippen LogP contribution in [-0.4, -0.2) is 18.1 Å². The Morgan fingerprint density at radius 3 is 2.90 bits per heavy atom. The normalized spacial score (nSPS) is 27.9. The lowest BCUT2D eigenvalue weighted by Gasteiger charge is -2.28. The Hall–Kier alpha value is -0.970. The Morgan fingerprint density at radius 2 is 2.24 bits per heavy atom. The summed E-state index contributed by atoms with van der Waals surface area (Å²) in [7, 11) is 0. The maximum Gasteiger partial charge on any atom is 0.101 e. The van der Waals surface area contributed by atoms with Crippen LogP contribution in [0, 0.1) is 5.92 Å². The number of fused-ring (bicyclic) bond motifs is 1. The van der Waals surface area contributed by atoms with Gasteiger partial charge in [-0.2, -0.15) is 0 Å². The minimum absolute atomic E-state index is 0.211. The molecule has 1 aromatic heterocycles. The number of rotatable bonds is 3. The molecule has 2 atom stereocenters. The number of nitrogens with zero attached hydrogens (tertiary/aromatic N) is 1. The van der Waals surface area contributed by atoms with Crippen LogP contribution in [0.4, 0.5) is 0 Å². The molecule has 1 aliphatic carbocycles. The molecule has 1 aromatic carbocycles. The van der Waals surface area contributed by atoms with E-state index in [1.807, 2.05) is 11.3 Å². The van der Waals surface area contributed by atoms with Crippen molar-refractivity contribution < 1.29 is 0 Å². The van der Waals surface area contributed by atoms with Crippen molar-refractivity contribution in [1.29, 1.82) is 0 Å². The minimum atomic E-state index is 0.211. The van der Waals surface area contributed by atoms with E-state index in [-0.39, 0.29) is 5.41 Å². The molecule has 21 heavy (non-hydrogen) atoms. The van der Waals surface area contributed by atoms with E-state index in [0.717, 1.165) is 24.5 Å². The number of aromatic nitrogens is 1. The maximum absolute atomic E-state index is 5.94. The average Bonchev–Trinajstić information content (AvgIpc) is 3.20. The molecule has 2 heterocycles. The van der Waals surface area contributed by atoms with E-state index in [0.29, 0.717) is 6.04 Å². The average molecular weight is 301 g/mol. The summed E-state index contributed by atoms with van der Waals surface area (Å²) in [5, 5.41) is 4.92. The third-order valence-electron chi connectivity index (χ3n) is 5.17. The summed E-state index contributed by atoms with van der Waals surface area (Å²) in [6.07, 6.45) is 4.96. The Bertz CT molecular complexity index is 651. The summed E-state index contributed by atoms with van der Waals surface area (Å²) < 4.78 is 1.30. The first-order valence-electron chi connectivity index (χ1n) is 8.05. The lowest BCUT2D eigenvalue weighted by atomic mass is 9.92. The first-order valence-corrected chi connectivity index (χ1v) is 8.86. The number of hydrogen-bond acceptors (Lipinski definition) is 4. The molecule has 2 fully saturated rings. The van der Waals surface area contributed by atoms with Gasteiger partial charge in [-0.15, -0.1) is 11.3 Å². The van der Waals surface area contributed by atoms with Crippen LogP contribution in [0.15, 0.2) is 18.2 Å². The van der Waals surface area contributed by atoms with E-state index in [9.17, 15) is 0 Å². The molecule has 4 heteroatoms. The van der Waals surface area contributed by atoms with Gasteiger partial charge in [-0.1, -0.05) is 13.0 Å². The zero-order valence-electron chi connectivity index (χ0n) is 12.6. The number of hydrogen-bond donors (Lipinski definition) is 2. The van der Waals surface area contributed by atoms with Crippen molar-refractivity contribution in [2.75, 3.05) is 13.1 Å². The van der Waals surface area contributed by atoms with Crippen molar-refractivity contribution in [2.24, 2.45) is 11.7 Å². The summed E-state index contributed by atoms with van der Waals surface area (Å²) >= 11 is 1.84. The quantitative estimate of drug-likeness (QED) is 0.914. The second kappa shape index (κ2) is 5.04. The van der Waals surface area contributed by atoms with Gasteiger partial charge in [-0.25, -0.2) is 4.98 Å². The van der Waals surface area contributed by atoms with Crippen LogP contribution in [0.25, 0.3) is 10.2 Å². The number of benzene rings is 1. The minimum Gasteiger partial charge on any atom is -0.329 e. The summed E-state index contributed by atoms with van der Waals surface area (Å²) in [5.74, 6) is 0.801. The molecule has 4 rings (SSSR count). The number of thiazole rings is 1. The summed E-state index contributed by atoms with van der Waals surface area (Å²) in [6, 6.07) is 7.31. The molecule has 0 amide bonds. The van der Waals surface area contributed by atoms with Gasteiger partial charge in [-0.05, 0) is 55.8 Å². The van der Waals surface area contributed by atoms with Crippen molar-refractivity contribution in [2.45, 2.75) is 44.1 Å². The molecule has 1 saturated carbocycles. The van der Waals surface area contributed by atoms with Gasteiger partial charge in [0.15, 0.2) is 0 Å². The van der Waals surface area contributed by atoms with E-state index < -0.39 is 0 Å². The summed E-state index contributed by atoms with van der Waals surface area (Å²) in [4.78, 5) is 4.90. The van der Waals surface area contributed by atoms with Crippen LogP contribution >= 0.6 is 11.3 Å². The Kier molecular flexibility index (Phi) is 3.28. The lowest BCUT2D eigenvalue weighted by molar-refractivity contribution is 0.333. The van der Waals surface area contributed by atoms with Crippen LogP contribution < -0.4 is 11.1 Å². The summed E-state index contributed by atoms with van der Waals surface area (Å²) in [6.45, 7) is 4.18. The molecule has 1 aliphatic heterocycles. The first kappa shape index (κ1) is 13.7. The number of nitrogens with two attached hydrogens (primary N) is 1. The third kappa shape index (κ3) is 2.39. The molecule has 0 radical (unpaired) electrons. The fraction of sp³-hybridized carbons (Fsp3) is 0.588. The fourth-order valence-corrected chi connectivity index (χ4v) is 4.53. The van der Waals surface area contributed by atoms with E-state index >= 15 is 0 Å². The fourth-order valence-electron chi connectivity index (χ4n) is 3.33. The van der Waals surface area contributed by atoms with Gasteiger partial charge in [0.2, 0.25) is 0 Å². The van der Waals surface area contributed by atoms with Crippen molar-refractivity contribution in [3.8, 4) is 0 Å². The SMILES string of the molecule is C[C@H]1CC[C@H](c2ccc3sc(C4(CN)CC4)nc3c2)NC1. The van der Waals surface area contributed by atoms with Gasteiger partial charge in [0, 0.05) is 18.0 Å². The number of piperidine rings is 1. The predicted molar refractivity (Wildman–Crippen MR) is 88.7 cm³/mol. The highest BCUT2D eigenvalue weighted by Gasteiger charge is 2.45. The Labute approximate surface area is 130 Å². The topological polar surface area (TPSA) is 50.9 Å². The molecular formula is C17H23N3S. The van der Waals surface area contributed by atoms with Crippen molar-refractivity contribution >= 4 is 21.6 Å². The van der Waals surface area contributed by atoms with Crippen LogP contribution in [0.1, 0.15) is 49.2 Å². The zero-order valence-corrected chi connectivity index (χ0v) is 13.4. The molecule has 3 N–H and O–H groups in total. The van der Waals surface area contributed by atoms with Gasteiger partial charge in [0.1, 0.15) is 5.01 Å². The molecule has 0 unspecified atom stereocenters. The highest BCUT2D eigenvalue weighted by molar-refractivity contribution is 7.18. The Balaban J connectivity index is 1.64. The molecule has 3 nitrogen and oxygen atoms in total. The molecule has 0 spiro atoms. The van der Waals surface area contributed by atoms with Crippen molar-refractivity contribution in [3.05, 3.63) is 28.8 Å². The van der Waals surface area contributed by atoms with Crippen LogP contribution in [0.5, 0.6) is 0 Å². The van der Waals surface area contributed by atoms with Crippen LogP contribution in [-0.2, 0) is 5.41 Å². The second-order valence-corrected chi connectivity index (χ2v) is 7.90. The van der Waals surface area contributed by atoms with Crippen molar-refractivity contribution in [1.82, 2.24) is 10.3 Å². The van der Waals surface area contributed by atoms with Crippen LogP contribution in [0.3, 0.4) is 0 Å². The van der Waals surface area contributed by atoms with Crippen LogP contribution in [0.2, 0.25) is 0 Å². The van der Waals surface area contributed by atoms with Gasteiger partial charge in [0.05, 0.1) is 10.2 Å². The molecule has 2 aromatic rings. The zero-order chi connectivity index (χ0) is 14.4. The standard InChI is InChI=1S/C17H23N3S/c1-11-2-4-13(19-9-11)12-3-5-15-14(8-12)20-16(21-15)17(10-18)6-7-17/h3,5,8,11,13,19H,2,4,6-7,9-10,18H2,1H3/t11-,13+/m0/s1. The molecule has 0 bridgehead atoms. The van der Waals surface area contributed by atoms with Gasteiger partial charge < -0.3 is 11.1 Å². The van der Waals surface area contributed by atoms with Gasteiger partial charge >= 0.3 is 0 Å². The highest BCUT2D eigenvalue weighted by Crippen LogP contribution is 2.49. The predicted octanol–water partition coefficient (Wildman–Crippen LogP) is 3.35. The highest BCUT2D eigenvalue weighted by atomic mass is 32.1. The van der Waals surface area contributed by atoms with Gasteiger partial charge in [0.25, 0.3) is 0 Å². The second-order valence-electron chi connectivity index (χ2n) is 6.87. The van der Waals surface area contributed by atoms with Gasteiger partial charge in [-0.3, -0.25) is 0 Å². The number of nitrogens with one attached hydrogen (secondary N) is 1. The Morgan fingerprint density at radius 1 is 1.38 bits per heavy atom. The molecule has 2 aliphatic rings. The summed E-state index contributed by atoms with van der Waals surface area (Å²) in [5.41, 5.74) is 8.70. The van der Waals surface area contributed by atoms with E-state index in [2.05, 4.69) is 30.4 Å². The maximum atomic E-state index is 5.94. The molecular weight excluding hydrogens is 278 g/mol.